The van der Waals surface area contributed by atoms with Gasteiger partial charge in [0.1, 0.15) is 5.82 Å². The molecule has 3 rings (SSSR count). The maximum absolute atomic E-state index is 12.9. The number of rotatable bonds is 3. The molecular weight excluding hydrogens is 356 g/mol. The van der Waals surface area contributed by atoms with Gasteiger partial charge in [-0.2, -0.15) is 5.10 Å². The lowest BCUT2D eigenvalue weighted by atomic mass is 9.90. The Balaban J connectivity index is 1.88. The molecule has 0 spiro atoms. The number of likely N-dealkylation sites (tertiary alicyclic amines) is 1. The number of nitrogens with one attached hydrogen (secondary N) is 1. The number of hydrogen-bond acceptors (Lipinski definition) is 3. The van der Waals surface area contributed by atoms with Gasteiger partial charge in [-0.1, -0.05) is 39.0 Å². The molecule has 1 saturated heterocycles. The number of urea groups is 1. The lowest BCUT2D eigenvalue weighted by Crippen LogP contribution is -2.42. The highest BCUT2D eigenvalue weighted by Crippen LogP contribution is 2.31. The van der Waals surface area contributed by atoms with Gasteiger partial charge in [0.25, 0.3) is 0 Å². The summed E-state index contributed by atoms with van der Waals surface area (Å²) in [6.45, 7) is 9.14. The Bertz CT molecular complexity index is 860. The summed E-state index contributed by atoms with van der Waals surface area (Å²) in [5.74, 6) is -0.498. The number of benzene rings is 1. The number of anilines is 1. The van der Waals surface area contributed by atoms with Crippen LogP contribution in [-0.4, -0.2) is 44.9 Å². The normalized spacial score (nSPS) is 15.5. The number of hydrogen-bond donors (Lipinski definition) is 2. The maximum atomic E-state index is 12.9. The topological polar surface area (TPSA) is 87.5 Å². The van der Waals surface area contributed by atoms with Crippen LogP contribution in [0, 0.1) is 12.8 Å². The molecule has 2 aromatic rings. The Morgan fingerprint density at radius 1 is 1.14 bits per heavy atom. The Morgan fingerprint density at radius 3 is 2.29 bits per heavy atom. The first-order chi connectivity index (χ1) is 13.2. The first-order valence-corrected chi connectivity index (χ1v) is 9.62. The summed E-state index contributed by atoms with van der Waals surface area (Å²) >= 11 is 0. The van der Waals surface area contributed by atoms with Crippen molar-refractivity contribution >= 4 is 17.8 Å². The molecular formula is C21H28N4O3. The van der Waals surface area contributed by atoms with E-state index in [1.807, 2.05) is 37.3 Å². The van der Waals surface area contributed by atoms with E-state index in [9.17, 15) is 9.59 Å². The van der Waals surface area contributed by atoms with Crippen LogP contribution in [0.4, 0.5) is 10.6 Å². The SMILES string of the molecule is Cc1c(C(C)(C)C)nn(-c2ccccc2)c1NC(=O)N1CCC(C(=O)O)CC1. The molecule has 2 amide bonds. The minimum absolute atomic E-state index is 0.163. The van der Waals surface area contributed by atoms with E-state index in [-0.39, 0.29) is 17.4 Å². The van der Waals surface area contributed by atoms with Crippen LogP contribution in [0.15, 0.2) is 30.3 Å². The van der Waals surface area contributed by atoms with Gasteiger partial charge in [0, 0.05) is 24.1 Å². The van der Waals surface area contributed by atoms with Crippen molar-refractivity contribution in [3.8, 4) is 5.69 Å². The number of amides is 2. The predicted octanol–water partition coefficient (Wildman–Crippen LogP) is 3.81. The van der Waals surface area contributed by atoms with E-state index < -0.39 is 5.97 Å². The highest BCUT2D eigenvalue weighted by atomic mass is 16.4. The van der Waals surface area contributed by atoms with Gasteiger partial charge in [-0.3, -0.25) is 10.1 Å². The fourth-order valence-electron chi connectivity index (χ4n) is 3.62. The minimum atomic E-state index is -0.784. The van der Waals surface area contributed by atoms with Gasteiger partial charge < -0.3 is 10.0 Å². The Hall–Kier alpha value is -2.83. The van der Waals surface area contributed by atoms with Crippen LogP contribution in [0.2, 0.25) is 0 Å². The molecule has 1 fully saturated rings. The molecule has 0 unspecified atom stereocenters. The monoisotopic (exact) mass is 384 g/mol. The molecule has 2 N–H and O–H groups in total. The highest BCUT2D eigenvalue weighted by Gasteiger charge is 2.30. The summed E-state index contributed by atoms with van der Waals surface area (Å²) in [4.78, 5) is 25.7. The third-order valence-electron chi connectivity index (χ3n) is 5.19. The van der Waals surface area contributed by atoms with Crippen molar-refractivity contribution in [3.63, 3.8) is 0 Å². The molecule has 1 aromatic carbocycles. The third-order valence-corrected chi connectivity index (χ3v) is 5.19. The number of aliphatic carboxylic acids is 1. The predicted molar refractivity (Wildman–Crippen MR) is 108 cm³/mol. The van der Waals surface area contributed by atoms with Gasteiger partial charge in [0.05, 0.1) is 17.3 Å². The summed E-state index contributed by atoms with van der Waals surface area (Å²) in [6.07, 6.45) is 0.958. The fourth-order valence-corrected chi connectivity index (χ4v) is 3.62. The van der Waals surface area contributed by atoms with Gasteiger partial charge >= 0.3 is 12.0 Å². The average molecular weight is 384 g/mol. The maximum Gasteiger partial charge on any atom is 0.323 e. The largest absolute Gasteiger partial charge is 0.481 e. The van der Waals surface area contributed by atoms with Crippen LogP contribution in [-0.2, 0) is 10.2 Å². The van der Waals surface area contributed by atoms with E-state index in [1.54, 1.807) is 9.58 Å². The van der Waals surface area contributed by atoms with E-state index in [0.717, 1.165) is 16.9 Å². The number of aromatic nitrogens is 2. The molecule has 0 bridgehead atoms. The van der Waals surface area contributed by atoms with Gasteiger partial charge in [0.2, 0.25) is 0 Å². The van der Waals surface area contributed by atoms with Crippen molar-refractivity contribution in [1.29, 1.82) is 0 Å². The zero-order valence-electron chi connectivity index (χ0n) is 16.9. The zero-order valence-corrected chi connectivity index (χ0v) is 16.9. The zero-order chi connectivity index (χ0) is 20.5. The Morgan fingerprint density at radius 2 is 1.75 bits per heavy atom. The molecule has 2 heterocycles. The van der Waals surface area contributed by atoms with Gasteiger partial charge in [-0.05, 0) is 31.9 Å². The molecule has 0 radical (unpaired) electrons. The first-order valence-electron chi connectivity index (χ1n) is 9.62. The summed E-state index contributed by atoms with van der Waals surface area (Å²) in [7, 11) is 0. The van der Waals surface area contributed by atoms with Crippen molar-refractivity contribution in [2.75, 3.05) is 18.4 Å². The molecule has 0 atom stereocenters. The number of carbonyl (C=O) groups is 2. The number of carbonyl (C=O) groups excluding carboxylic acids is 1. The lowest BCUT2D eigenvalue weighted by Gasteiger charge is -2.30. The van der Waals surface area contributed by atoms with E-state index in [0.29, 0.717) is 31.7 Å². The summed E-state index contributed by atoms with van der Waals surface area (Å²) in [5, 5.41) is 17.0. The average Bonchev–Trinajstić information content (AvgIpc) is 2.99. The van der Waals surface area contributed by atoms with Crippen molar-refractivity contribution < 1.29 is 14.7 Å². The molecule has 0 saturated carbocycles. The Labute approximate surface area is 165 Å². The second-order valence-electron chi connectivity index (χ2n) is 8.35. The minimum Gasteiger partial charge on any atom is -0.481 e. The van der Waals surface area contributed by atoms with Crippen molar-refractivity contribution in [1.82, 2.24) is 14.7 Å². The third kappa shape index (κ3) is 4.03. The Kier molecular flexibility index (Phi) is 5.45. The molecule has 1 aromatic heterocycles. The van der Waals surface area contributed by atoms with Gasteiger partial charge in [0.15, 0.2) is 0 Å². The molecule has 150 valence electrons. The number of piperidine rings is 1. The van der Waals surface area contributed by atoms with E-state index in [4.69, 9.17) is 10.2 Å². The summed E-state index contributed by atoms with van der Waals surface area (Å²) in [6, 6.07) is 9.50. The fraction of sp³-hybridized carbons (Fsp3) is 0.476. The molecule has 1 aliphatic heterocycles. The smallest absolute Gasteiger partial charge is 0.323 e. The van der Waals surface area contributed by atoms with Crippen LogP contribution >= 0.6 is 0 Å². The van der Waals surface area contributed by atoms with Crippen LogP contribution in [0.3, 0.4) is 0 Å². The standard InChI is InChI=1S/C21H28N4O3/c1-14-17(21(2,3)4)23-25(16-8-6-5-7-9-16)18(14)22-20(28)24-12-10-15(11-13-24)19(26)27/h5-9,15H,10-13H2,1-4H3,(H,22,28)(H,26,27). The first kappa shape index (κ1) is 19.9. The van der Waals surface area contributed by atoms with Crippen LogP contribution in [0.5, 0.6) is 0 Å². The molecule has 0 aliphatic carbocycles. The van der Waals surface area contributed by atoms with E-state index in [1.165, 1.54) is 0 Å². The molecule has 1 aliphatic rings. The second kappa shape index (κ2) is 7.66. The summed E-state index contributed by atoms with van der Waals surface area (Å²) in [5.41, 5.74) is 2.58. The van der Waals surface area contributed by atoms with Crippen molar-refractivity contribution in [2.24, 2.45) is 5.92 Å². The quantitative estimate of drug-likeness (QED) is 0.842. The molecule has 7 heteroatoms. The number of para-hydroxylation sites is 1. The number of carboxylic acid groups (broad SMARTS) is 1. The molecule has 7 nitrogen and oxygen atoms in total. The van der Waals surface area contributed by atoms with E-state index in [2.05, 4.69) is 26.1 Å². The van der Waals surface area contributed by atoms with Crippen LogP contribution < -0.4 is 5.32 Å². The van der Waals surface area contributed by atoms with Crippen LogP contribution in [0.1, 0.15) is 44.9 Å². The summed E-state index contributed by atoms with van der Waals surface area (Å²) < 4.78 is 1.78. The highest BCUT2D eigenvalue weighted by molar-refractivity contribution is 5.90. The van der Waals surface area contributed by atoms with Crippen LogP contribution in [0.25, 0.3) is 5.69 Å². The van der Waals surface area contributed by atoms with Gasteiger partial charge in [-0.15, -0.1) is 0 Å². The lowest BCUT2D eigenvalue weighted by molar-refractivity contribution is -0.143. The second-order valence-corrected chi connectivity index (χ2v) is 8.35. The number of nitrogens with zero attached hydrogens (tertiary/aromatic N) is 3. The van der Waals surface area contributed by atoms with Crippen molar-refractivity contribution in [3.05, 3.63) is 41.6 Å². The van der Waals surface area contributed by atoms with E-state index >= 15 is 0 Å². The van der Waals surface area contributed by atoms with Crippen molar-refractivity contribution in [2.45, 2.75) is 46.0 Å². The number of carboxylic acids is 1. The molecule has 28 heavy (non-hydrogen) atoms. The van der Waals surface area contributed by atoms with Gasteiger partial charge in [-0.25, -0.2) is 9.48 Å².